The zero-order valence-electron chi connectivity index (χ0n) is 15.8. The van der Waals surface area contributed by atoms with Crippen LogP contribution in [0.2, 0.25) is 0 Å². The summed E-state index contributed by atoms with van der Waals surface area (Å²) in [5.74, 6) is -0.726. The molecule has 1 saturated heterocycles. The van der Waals surface area contributed by atoms with Crippen molar-refractivity contribution in [2.45, 2.75) is 26.0 Å². The van der Waals surface area contributed by atoms with Crippen molar-refractivity contribution in [3.05, 3.63) is 59.7 Å². The predicted octanol–water partition coefficient (Wildman–Crippen LogP) is 3.49. The molecule has 1 aliphatic rings. The highest BCUT2D eigenvalue weighted by Crippen LogP contribution is 2.33. The molecule has 152 valence electrons. The molecule has 1 fully saturated rings. The Bertz CT molecular complexity index is 937. The number of ether oxygens (including phenoxy) is 2. The normalized spacial score (nSPS) is 19.1. The number of imide groups is 1. The third kappa shape index (κ3) is 4.03. The molecule has 3 rings (SSSR count). The first-order valence-electron chi connectivity index (χ1n) is 8.83. The van der Waals surface area contributed by atoms with Gasteiger partial charge in [-0.05, 0) is 31.5 Å². The van der Waals surface area contributed by atoms with Gasteiger partial charge < -0.3 is 14.8 Å². The maximum atomic E-state index is 12.8. The highest BCUT2D eigenvalue weighted by Gasteiger charge is 2.49. The predicted molar refractivity (Wildman–Crippen MR) is 101 cm³/mol. The second-order valence-electron chi connectivity index (χ2n) is 6.27. The number of alkyl halides is 2. The van der Waals surface area contributed by atoms with E-state index in [0.29, 0.717) is 10.6 Å². The average Bonchev–Trinajstić information content (AvgIpc) is 2.92. The molecule has 29 heavy (non-hydrogen) atoms. The maximum absolute atomic E-state index is 12.8. The number of hydrogen-bond acceptors (Lipinski definition) is 5. The Kier molecular flexibility index (Phi) is 5.76. The number of carbonyl (C=O) groups excluding carboxylic acids is 2. The van der Waals surface area contributed by atoms with Crippen LogP contribution < -0.4 is 14.8 Å². The van der Waals surface area contributed by atoms with E-state index >= 15 is 0 Å². The summed E-state index contributed by atoms with van der Waals surface area (Å²) in [5.41, 5.74) is -0.563. The van der Waals surface area contributed by atoms with Gasteiger partial charge in [-0.1, -0.05) is 36.4 Å². The zero-order chi connectivity index (χ0) is 21.0. The fourth-order valence-corrected chi connectivity index (χ4v) is 2.94. The van der Waals surface area contributed by atoms with Crippen LogP contribution in [0.4, 0.5) is 13.6 Å². The molecule has 2 aromatic carbocycles. The highest BCUT2D eigenvalue weighted by molar-refractivity contribution is 6.07. The molecular weight excluding hydrogens is 384 g/mol. The Balaban J connectivity index is 1.91. The number of carbonyl (C=O) groups is 2. The number of rotatable bonds is 7. The highest BCUT2D eigenvalue weighted by atomic mass is 19.3. The quantitative estimate of drug-likeness (QED) is 0.567. The second-order valence-corrected chi connectivity index (χ2v) is 6.27. The van der Waals surface area contributed by atoms with Crippen LogP contribution in [0.15, 0.2) is 53.6 Å². The van der Waals surface area contributed by atoms with Crippen LogP contribution in [0.1, 0.15) is 25.0 Å². The zero-order valence-corrected chi connectivity index (χ0v) is 15.8. The number of halogens is 2. The van der Waals surface area contributed by atoms with Gasteiger partial charge in [0.2, 0.25) is 0 Å². The van der Waals surface area contributed by atoms with Crippen molar-refractivity contribution in [3.8, 4) is 11.5 Å². The minimum Gasteiger partial charge on any atom is -0.490 e. The van der Waals surface area contributed by atoms with E-state index in [-0.39, 0.29) is 23.7 Å². The first kappa shape index (κ1) is 20.2. The van der Waals surface area contributed by atoms with Gasteiger partial charge in [-0.2, -0.15) is 13.9 Å². The van der Waals surface area contributed by atoms with Crippen LogP contribution in [0.3, 0.4) is 0 Å². The van der Waals surface area contributed by atoms with Crippen LogP contribution in [0.5, 0.6) is 11.5 Å². The summed E-state index contributed by atoms with van der Waals surface area (Å²) in [6.45, 7) is 0.425. The van der Waals surface area contributed by atoms with E-state index in [2.05, 4.69) is 15.2 Å². The van der Waals surface area contributed by atoms with Crippen molar-refractivity contribution < 1.29 is 27.8 Å². The van der Waals surface area contributed by atoms with Gasteiger partial charge in [0.25, 0.3) is 5.91 Å². The van der Waals surface area contributed by atoms with Crippen LogP contribution in [-0.4, -0.2) is 36.4 Å². The molecule has 7 nitrogen and oxygen atoms in total. The lowest BCUT2D eigenvalue weighted by molar-refractivity contribution is -0.131. The van der Waals surface area contributed by atoms with Gasteiger partial charge in [-0.15, -0.1) is 5.01 Å². The lowest BCUT2D eigenvalue weighted by Crippen LogP contribution is -2.40. The number of hydrogen-bond donors (Lipinski definition) is 1. The van der Waals surface area contributed by atoms with Crippen LogP contribution in [0, 0.1) is 0 Å². The number of para-hydroxylation sites is 1. The summed E-state index contributed by atoms with van der Waals surface area (Å²) in [4.78, 5) is 25.2. The standard InChI is InChI=1S/C20H19F2N3O4/c1-3-28-15-11-7-8-13(16(15)29-18(21)22)12-23-25-17(26)20(2,24-19(25)27)14-9-5-4-6-10-14/h4-12,18H,3H2,1-2H3,(H,24,27)/b23-12-/t20-/m1/s1. The molecule has 3 amide bonds. The number of nitrogens with one attached hydrogen (secondary N) is 1. The molecule has 0 radical (unpaired) electrons. The molecule has 1 atom stereocenters. The molecule has 0 aromatic heterocycles. The van der Waals surface area contributed by atoms with Gasteiger partial charge >= 0.3 is 12.6 Å². The summed E-state index contributed by atoms with van der Waals surface area (Å²) in [6.07, 6.45) is 1.11. The minimum absolute atomic E-state index is 0.100. The van der Waals surface area contributed by atoms with Gasteiger partial charge in [0, 0.05) is 5.56 Å². The number of hydrazone groups is 1. The van der Waals surface area contributed by atoms with Gasteiger partial charge in [-0.3, -0.25) is 4.79 Å². The lowest BCUT2D eigenvalue weighted by Gasteiger charge is -2.21. The van der Waals surface area contributed by atoms with Crippen molar-refractivity contribution in [2.24, 2.45) is 5.10 Å². The minimum atomic E-state index is -3.08. The van der Waals surface area contributed by atoms with E-state index in [9.17, 15) is 18.4 Å². The van der Waals surface area contributed by atoms with Crippen molar-refractivity contribution in [3.63, 3.8) is 0 Å². The Labute approximate surface area is 165 Å². The molecular formula is C20H19F2N3O4. The van der Waals surface area contributed by atoms with E-state index in [1.54, 1.807) is 50.2 Å². The average molecular weight is 403 g/mol. The number of nitrogens with zero attached hydrogens (tertiary/aromatic N) is 2. The topological polar surface area (TPSA) is 80.2 Å². The molecule has 1 aliphatic heterocycles. The van der Waals surface area contributed by atoms with Gasteiger partial charge in [0.1, 0.15) is 5.54 Å². The number of urea groups is 1. The Hall–Kier alpha value is -3.49. The van der Waals surface area contributed by atoms with E-state index in [1.165, 1.54) is 12.1 Å². The van der Waals surface area contributed by atoms with Gasteiger partial charge in [0.05, 0.1) is 12.8 Å². The molecule has 0 spiro atoms. The van der Waals surface area contributed by atoms with Crippen molar-refractivity contribution >= 4 is 18.2 Å². The smallest absolute Gasteiger partial charge is 0.387 e. The Morgan fingerprint density at radius 3 is 2.55 bits per heavy atom. The van der Waals surface area contributed by atoms with Crippen LogP contribution in [-0.2, 0) is 10.3 Å². The van der Waals surface area contributed by atoms with Crippen molar-refractivity contribution in [1.82, 2.24) is 10.3 Å². The fourth-order valence-electron chi connectivity index (χ4n) is 2.94. The summed E-state index contributed by atoms with van der Waals surface area (Å²) in [6, 6.07) is 12.5. The lowest BCUT2D eigenvalue weighted by atomic mass is 9.92. The molecule has 0 bridgehead atoms. The van der Waals surface area contributed by atoms with Crippen molar-refractivity contribution in [2.75, 3.05) is 6.61 Å². The summed E-state index contributed by atoms with van der Waals surface area (Å²) in [5, 5.41) is 7.18. The summed E-state index contributed by atoms with van der Waals surface area (Å²) >= 11 is 0. The SMILES string of the molecule is CCOc1cccc(/C=N\N2C(=O)N[C@](C)(c3ccccc3)C2=O)c1OC(F)F. The summed E-state index contributed by atoms with van der Waals surface area (Å²) in [7, 11) is 0. The molecule has 0 aliphatic carbocycles. The van der Waals surface area contributed by atoms with Gasteiger partial charge in [-0.25, -0.2) is 4.79 Å². The Morgan fingerprint density at radius 1 is 1.17 bits per heavy atom. The van der Waals surface area contributed by atoms with E-state index in [0.717, 1.165) is 6.21 Å². The first-order chi connectivity index (χ1) is 13.9. The maximum Gasteiger partial charge on any atom is 0.387 e. The van der Waals surface area contributed by atoms with E-state index in [1.807, 2.05) is 0 Å². The number of amides is 3. The Morgan fingerprint density at radius 2 is 1.90 bits per heavy atom. The molecule has 9 heteroatoms. The third-order valence-corrected chi connectivity index (χ3v) is 4.35. The molecule has 0 unspecified atom stereocenters. The second kappa shape index (κ2) is 8.26. The molecule has 1 N–H and O–H groups in total. The first-order valence-corrected chi connectivity index (χ1v) is 8.83. The molecule has 2 aromatic rings. The van der Waals surface area contributed by atoms with E-state index < -0.39 is 24.1 Å². The largest absolute Gasteiger partial charge is 0.490 e. The molecule has 0 saturated carbocycles. The fraction of sp³-hybridized carbons (Fsp3) is 0.250. The van der Waals surface area contributed by atoms with Crippen LogP contribution >= 0.6 is 0 Å². The van der Waals surface area contributed by atoms with Gasteiger partial charge in [0.15, 0.2) is 11.5 Å². The number of benzene rings is 2. The van der Waals surface area contributed by atoms with Crippen LogP contribution in [0.25, 0.3) is 0 Å². The van der Waals surface area contributed by atoms with E-state index in [4.69, 9.17) is 4.74 Å². The third-order valence-electron chi connectivity index (χ3n) is 4.35. The molecule has 1 heterocycles. The monoisotopic (exact) mass is 403 g/mol. The summed E-state index contributed by atoms with van der Waals surface area (Å²) < 4.78 is 35.5. The van der Waals surface area contributed by atoms with Crippen molar-refractivity contribution in [1.29, 1.82) is 0 Å².